The molecule has 0 aliphatic rings. The second kappa shape index (κ2) is 7.74. The molecule has 1 aromatic carbocycles. The first-order valence-corrected chi connectivity index (χ1v) is 7.68. The van der Waals surface area contributed by atoms with Crippen LogP contribution < -0.4 is 16.2 Å². The van der Waals surface area contributed by atoms with Gasteiger partial charge >= 0.3 is 0 Å². The summed E-state index contributed by atoms with van der Waals surface area (Å²) in [5, 5.41) is 2.90. The van der Waals surface area contributed by atoms with Crippen molar-refractivity contribution < 1.29 is 9.59 Å². The molecule has 2 amide bonds. The number of carbonyl (C=O) groups is 2. The van der Waals surface area contributed by atoms with Crippen LogP contribution in [-0.2, 0) is 4.79 Å². The second-order valence-electron chi connectivity index (χ2n) is 5.26. The molecule has 2 rings (SSSR count). The molecule has 0 aliphatic carbocycles. The predicted molar refractivity (Wildman–Crippen MR) is 91.7 cm³/mol. The monoisotopic (exact) mass is 347 g/mol. The lowest BCUT2D eigenvalue weighted by atomic mass is 10.2. The lowest BCUT2D eigenvalue weighted by molar-refractivity contribution is -0.122. The molecule has 0 fully saturated rings. The van der Waals surface area contributed by atoms with Crippen molar-refractivity contribution in [3.8, 4) is 0 Å². The molecule has 0 spiro atoms. The van der Waals surface area contributed by atoms with Crippen molar-refractivity contribution in [3.05, 3.63) is 52.3 Å². The van der Waals surface area contributed by atoms with Gasteiger partial charge in [0.1, 0.15) is 6.04 Å². The Labute approximate surface area is 144 Å². The number of nitrogens with one attached hydrogen (secondary N) is 3. The molecule has 7 nitrogen and oxygen atoms in total. The number of hydrogen-bond acceptors (Lipinski definition) is 5. The molecule has 1 heterocycles. The molecule has 24 heavy (non-hydrogen) atoms. The zero-order valence-corrected chi connectivity index (χ0v) is 14.3. The number of nitrogens with zero attached hydrogens (tertiary/aromatic N) is 2. The van der Waals surface area contributed by atoms with E-state index in [0.717, 1.165) is 11.4 Å². The molecule has 0 saturated carbocycles. The van der Waals surface area contributed by atoms with Gasteiger partial charge < -0.3 is 5.32 Å². The summed E-state index contributed by atoms with van der Waals surface area (Å²) in [5.74, 6) is -0.574. The van der Waals surface area contributed by atoms with Gasteiger partial charge in [-0.15, -0.1) is 0 Å². The highest BCUT2D eigenvalue weighted by molar-refractivity contribution is 6.33. The van der Waals surface area contributed by atoms with Gasteiger partial charge in [0.25, 0.3) is 11.8 Å². The first-order valence-electron chi connectivity index (χ1n) is 7.30. The van der Waals surface area contributed by atoms with Crippen LogP contribution in [0, 0.1) is 13.8 Å². The van der Waals surface area contributed by atoms with Crippen molar-refractivity contribution in [1.82, 2.24) is 20.7 Å². The number of anilines is 1. The quantitative estimate of drug-likeness (QED) is 0.719. The lowest BCUT2D eigenvalue weighted by Gasteiger charge is -2.15. The number of aryl methyl sites for hydroxylation is 2. The molecule has 126 valence electrons. The summed E-state index contributed by atoms with van der Waals surface area (Å²) >= 11 is 5.96. The summed E-state index contributed by atoms with van der Waals surface area (Å²) < 4.78 is 0. The number of hydrogen-bond donors (Lipinski definition) is 3. The minimum atomic E-state index is -0.771. The summed E-state index contributed by atoms with van der Waals surface area (Å²) in [6.07, 6.45) is 0. The highest BCUT2D eigenvalue weighted by atomic mass is 35.5. The van der Waals surface area contributed by atoms with Crippen LogP contribution >= 0.6 is 11.6 Å². The third kappa shape index (κ3) is 4.66. The Morgan fingerprint density at radius 3 is 2.38 bits per heavy atom. The molecule has 0 aliphatic heterocycles. The SMILES string of the molecule is Cc1cc(C)nc(NNC(=O)C(C)NC(=O)c2ccccc2Cl)n1. The van der Waals surface area contributed by atoms with Crippen molar-refractivity contribution in [3.63, 3.8) is 0 Å². The van der Waals surface area contributed by atoms with E-state index in [-0.39, 0.29) is 5.95 Å². The van der Waals surface area contributed by atoms with Gasteiger partial charge in [0, 0.05) is 11.4 Å². The van der Waals surface area contributed by atoms with Gasteiger partial charge in [-0.1, -0.05) is 23.7 Å². The highest BCUT2D eigenvalue weighted by Gasteiger charge is 2.18. The fraction of sp³-hybridized carbons (Fsp3) is 0.250. The molecule has 0 bridgehead atoms. The molecule has 0 radical (unpaired) electrons. The average molecular weight is 348 g/mol. The summed E-state index contributed by atoms with van der Waals surface area (Å²) in [6.45, 7) is 5.22. The number of rotatable bonds is 5. The molecule has 8 heteroatoms. The Kier molecular flexibility index (Phi) is 5.70. The maximum absolute atomic E-state index is 12.1. The van der Waals surface area contributed by atoms with Crippen LogP contribution in [0.2, 0.25) is 5.02 Å². The Bertz CT molecular complexity index is 746. The molecular weight excluding hydrogens is 330 g/mol. The largest absolute Gasteiger partial charge is 0.340 e. The maximum Gasteiger partial charge on any atom is 0.260 e. The number of amides is 2. The number of benzene rings is 1. The number of aromatic nitrogens is 2. The first-order chi connectivity index (χ1) is 11.4. The van der Waals surface area contributed by atoms with E-state index in [9.17, 15) is 9.59 Å². The van der Waals surface area contributed by atoms with Gasteiger partial charge in [-0.2, -0.15) is 0 Å². The van der Waals surface area contributed by atoms with Gasteiger partial charge in [-0.25, -0.2) is 9.97 Å². The normalized spacial score (nSPS) is 11.5. The molecule has 1 unspecified atom stereocenters. The minimum absolute atomic E-state index is 0.283. The summed E-state index contributed by atoms with van der Waals surface area (Å²) in [5.41, 5.74) is 6.96. The van der Waals surface area contributed by atoms with Crippen LogP contribution in [0.25, 0.3) is 0 Å². The summed E-state index contributed by atoms with van der Waals surface area (Å²) in [6, 6.07) is 7.67. The summed E-state index contributed by atoms with van der Waals surface area (Å²) in [7, 11) is 0. The van der Waals surface area contributed by atoms with Gasteiger partial charge in [0.2, 0.25) is 5.95 Å². The van der Waals surface area contributed by atoms with Crippen LogP contribution in [0.5, 0.6) is 0 Å². The van der Waals surface area contributed by atoms with Gasteiger partial charge in [-0.05, 0) is 39.0 Å². The smallest absolute Gasteiger partial charge is 0.260 e. The number of hydrazine groups is 1. The number of carbonyl (C=O) groups excluding carboxylic acids is 2. The van der Waals surface area contributed by atoms with Crippen molar-refractivity contribution in [2.75, 3.05) is 5.43 Å². The Hall–Kier alpha value is -2.67. The van der Waals surface area contributed by atoms with Gasteiger partial charge in [0.15, 0.2) is 0 Å². The average Bonchev–Trinajstić information content (AvgIpc) is 2.52. The van der Waals surface area contributed by atoms with Crippen LogP contribution in [0.1, 0.15) is 28.7 Å². The van der Waals surface area contributed by atoms with Crippen LogP contribution in [-0.4, -0.2) is 27.8 Å². The van der Waals surface area contributed by atoms with Gasteiger partial charge in [-0.3, -0.25) is 20.4 Å². The fourth-order valence-electron chi connectivity index (χ4n) is 1.99. The zero-order valence-electron chi connectivity index (χ0n) is 13.6. The van der Waals surface area contributed by atoms with Gasteiger partial charge in [0.05, 0.1) is 10.6 Å². The van der Waals surface area contributed by atoms with Crippen LogP contribution in [0.4, 0.5) is 5.95 Å². The number of halogens is 1. The van der Waals surface area contributed by atoms with Crippen molar-refractivity contribution in [2.45, 2.75) is 26.8 Å². The van der Waals surface area contributed by atoms with Crippen molar-refractivity contribution >= 4 is 29.4 Å². The summed E-state index contributed by atoms with van der Waals surface area (Å²) in [4.78, 5) is 32.5. The zero-order chi connectivity index (χ0) is 17.7. The topological polar surface area (TPSA) is 96.0 Å². The molecule has 1 aromatic heterocycles. The highest BCUT2D eigenvalue weighted by Crippen LogP contribution is 2.14. The first kappa shape index (κ1) is 17.7. The fourth-order valence-corrected chi connectivity index (χ4v) is 2.21. The molecule has 1 atom stereocenters. The Balaban J connectivity index is 1.92. The third-order valence-electron chi connectivity index (χ3n) is 3.14. The molecule has 2 aromatic rings. The lowest BCUT2D eigenvalue weighted by Crippen LogP contribution is -2.46. The van der Waals surface area contributed by atoms with E-state index in [1.54, 1.807) is 31.2 Å². The van der Waals surface area contributed by atoms with E-state index < -0.39 is 17.9 Å². The van der Waals surface area contributed by atoms with E-state index in [1.807, 2.05) is 19.9 Å². The molecular formula is C16H18ClN5O2. The second-order valence-corrected chi connectivity index (χ2v) is 5.67. The van der Waals surface area contributed by atoms with E-state index in [1.165, 1.54) is 0 Å². The maximum atomic E-state index is 12.1. The van der Waals surface area contributed by atoms with E-state index in [0.29, 0.717) is 10.6 Å². The van der Waals surface area contributed by atoms with E-state index >= 15 is 0 Å². The van der Waals surface area contributed by atoms with E-state index in [2.05, 4.69) is 26.1 Å². The van der Waals surface area contributed by atoms with E-state index in [4.69, 9.17) is 11.6 Å². The molecule has 0 saturated heterocycles. The van der Waals surface area contributed by atoms with Crippen molar-refractivity contribution in [2.24, 2.45) is 0 Å². The van der Waals surface area contributed by atoms with Crippen LogP contribution in [0.3, 0.4) is 0 Å². The molecule has 3 N–H and O–H groups in total. The minimum Gasteiger partial charge on any atom is -0.340 e. The predicted octanol–water partition coefficient (Wildman–Crippen LogP) is 2.01. The Morgan fingerprint density at radius 1 is 1.12 bits per heavy atom. The van der Waals surface area contributed by atoms with Crippen LogP contribution in [0.15, 0.2) is 30.3 Å². The Morgan fingerprint density at radius 2 is 1.75 bits per heavy atom. The standard InChI is InChI=1S/C16H18ClN5O2/c1-9-8-10(2)19-16(18-9)22-21-14(23)11(3)20-15(24)12-6-4-5-7-13(12)17/h4-8,11H,1-3H3,(H,20,24)(H,21,23)(H,18,19,22). The third-order valence-corrected chi connectivity index (χ3v) is 3.47. The van der Waals surface area contributed by atoms with Crippen molar-refractivity contribution in [1.29, 1.82) is 0 Å².